The third kappa shape index (κ3) is 6.44. The summed E-state index contributed by atoms with van der Waals surface area (Å²) >= 11 is 5.94. The van der Waals surface area contributed by atoms with E-state index in [0.717, 1.165) is 0 Å². The molecule has 0 bridgehead atoms. The Morgan fingerprint density at radius 2 is 1.81 bits per heavy atom. The number of aliphatic hydroxyl groups excluding tert-OH is 1. The lowest BCUT2D eigenvalue weighted by Crippen LogP contribution is -2.17. The van der Waals surface area contributed by atoms with Gasteiger partial charge in [-0.15, -0.1) is 0 Å². The second kappa shape index (κ2) is 10.5. The van der Waals surface area contributed by atoms with Crippen molar-refractivity contribution < 1.29 is 27.8 Å². The molecule has 0 saturated heterocycles. The van der Waals surface area contributed by atoms with E-state index < -0.39 is 15.9 Å². The van der Waals surface area contributed by atoms with Gasteiger partial charge in [-0.1, -0.05) is 35.9 Å². The number of benzene rings is 3. The van der Waals surface area contributed by atoms with Crippen molar-refractivity contribution in [1.82, 2.24) is 0 Å². The van der Waals surface area contributed by atoms with Gasteiger partial charge in [0.25, 0.3) is 0 Å². The zero-order chi connectivity index (χ0) is 23.1. The van der Waals surface area contributed by atoms with Crippen LogP contribution in [-0.4, -0.2) is 32.6 Å². The van der Waals surface area contributed by atoms with Crippen LogP contribution in [-0.2, 0) is 21.2 Å². The first-order chi connectivity index (χ1) is 15.3. The Balaban J connectivity index is 1.79. The molecule has 0 aliphatic heterocycles. The van der Waals surface area contributed by atoms with E-state index >= 15 is 0 Å². The zero-order valence-corrected chi connectivity index (χ0v) is 18.4. The van der Waals surface area contributed by atoms with Crippen LogP contribution in [0.5, 0.6) is 17.2 Å². The molecule has 0 atom stereocenters. The first-order valence-electron chi connectivity index (χ1n) is 9.48. The number of nitrogens with two attached hydrogens (primary N) is 1. The molecule has 10 heteroatoms. The normalized spacial score (nSPS) is 11.1. The molecule has 0 radical (unpaired) electrons. The van der Waals surface area contributed by atoms with E-state index in [-0.39, 0.29) is 36.0 Å². The van der Waals surface area contributed by atoms with Crippen molar-refractivity contribution in [3.63, 3.8) is 0 Å². The van der Waals surface area contributed by atoms with Crippen LogP contribution in [0, 0.1) is 0 Å². The van der Waals surface area contributed by atoms with Crippen molar-refractivity contribution in [2.24, 2.45) is 5.14 Å². The van der Waals surface area contributed by atoms with Crippen LogP contribution in [0.15, 0.2) is 71.6 Å². The number of para-hydroxylation sites is 1. The molecule has 168 valence electrons. The van der Waals surface area contributed by atoms with Gasteiger partial charge >= 0.3 is 0 Å². The highest BCUT2D eigenvalue weighted by molar-refractivity contribution is 7.89. The number of aliphatic hydroxyl groups is 1. The summed E-state index contributed by atoms with van der Waals surface area (Å²) in [6.45, 7) is -0.0507. The fourth-order valence-corrected chi connectivity index (χ4v) is 3.74. The number of carbonyl (C=O) groups excluding carboxylic acids is 1. The lowest BCUT2D eigenvalue weighted by Gasteiger charge is -2.13. The van der Waals surface area contributed by atoms with Crippen LogP contribution >= 0.6 is 11.6 Å². The van der Waals surface area contributed by atoms with E-state index in [0.29, 0.717) is 22.1 Å². The lowest BCUT2D eigenvalue weighted by molar-refractivity contribution is -0.115. The van der Waals surface area contributed by atoms with Gasteiger partial charge < -0.3 is 19.9 Å². The first kappa shape index (κ1) is 23.6. The quantitative estimate of drug-likeness (QED) is 0.434. The molecule has 0 saturated carbocycles. The molecule has 8 nitrogen and oxygen atoms in total. The predicted octanol–water partition coefficient (Wildman–Crippen LogP) is 3.33. The monoisotopic (exact) mass is 476 g/mol. The summed E-state index contributed by atoms with van der Waals surface area (Å²) in [4.78, 5) is 12.2. The number of carbonyl (C=O) groups is 1. The zero-order valence-electron chi connectivity index (χ0n) is 16.8. The van der Waals surface area contributed by atoms with Gasteiger partial charge in [0, 0.05) is 16.3 Å². The van der Waals surface area contributed by atoms with E-state index in [4.69, 9.17) is 31.3 Å². The Morgan fingerprint density at radius 1 is 1.03 bits per heavy atom. The summed E-state index contributed by atoms with van der Waals surface area (Å²) in [6.07, 6.45) is -0.0208. The summed E-state index contributed by atoms with van der Waals surface area (Å²) in [5.74, 6) is 0.412. The minimum Gasteiger partial charge on any atom is -0.491 e. The Bertz CT molecular complexity index is 1220. The van der Waals surface area contributed by atoms with Crippen molar-refractivity contribution in [2.45, 2.75) is 11.3 Å². The maximum atomic E-state index is 12.5. The Labute approximate surface area is 190 Å². The molecular weight excluding hydrogens is 456 g/mol. The number of ether oxygens (including phenoxy) is 2. The van der Waals surface area contributed by atoms with Crippen molar-refractivity contribution in [1.29, 1.82) is 0 Å². The van der Waals surface area contributed by atoms with E-state index in [9.17, 15) is 13.2 Å². The van der Waals surface area contributed by atoms with Gasteiger partial charge in [-0.2, -0.15) is 0 Å². The molecule has 0 aliphatic rings. The highest BCUT2D eigenvalue weighted by Gasteiger charge is 2.18. The average Bonchev–Trinajstić information content (AvgIpc) is 2.73. The second-order valence-corrected chi connectivity index (χ2v) is 8.64. The number of hydrogen-bond donors (Lipinski definition) is 3. The molecule has 0 aromatic heterocycles. The third-order valence-corrected chi connectivity index (χ3v) is 5.40. The number of primary sulfonamides is 1. The number of hydrogen-bond acceptors (Lipinski definition) is 6. The number of halogens is 1. The van der Waals surface area contributed by atoms with Crippen LogP contribution in [0.25, 0.3) is 0 Å². The first-order valence-corrected chi connectivity index (χ1v) is 11.4. The SMILES string of the molecule is NS(=O)(=O)c1cc(NC(=O)Cc2ccccc2OCCO)ccc1Oc1cccc(Cl)c1. The van der Waals surface area contributed by atoms with E-state index in [2.05, 4.69) is 5.32 Å². The molecule has 3 aromatic carbocycles. The standard InChI is InChI=1S/C22H21ClN2O6S/c23-16-5-3-6-18(13-16)31-20-9-8-17(14-21(20)32(24,28)29)25-22(27)12-15-4-1-2-7-19(15)30-11-10-26/h1-9,13-14,26H,10-12H2,(H,25,27)(H2,24,28,29). The summed E-state index contributed by atoms with van der Waals surface area (Å²) in [7, 11) is -4.15. The highest BCUT2D eigenvalue weighted by Crippen LogP contribution is 2.32. The summed E-state index contributed by atoms with van der Waals surface area (Å²) < 4.78 is 35.3. The number of nitrogens with one attached hydrogen (secondary N) is 1. The second-order valence-electron chi connectivity index (χ2n) is 6.67. The Kier molecular flexibility index (Phi) is 7.70. The minimum absolute atomic E-state index is 0.00415. The average molecular weight is 477 g/mol. The largest absolute Gasteiger partial charge is 0.491 e. The fourth-order valence-electron chi connectivity index (χ4n) is 2.87. The molecule has 0 heterocycles. The minimum atomic E-state index is -4.15. The van der Waals surface area contributed by atoms with Gasteiger partial charge in [0.2, 0.25) is 15.9 Å². The maximum Gasteiger partial charge on any atom is 0.241 e. The molecule has 0 fully saturated rings. The molecule has 4 N–H and O–H groups in total. The molecule has 1 amide bonds. The lowest BCUT2D eigenvalue weighted by atomic mass is 10.1. The van der Waals surface area contributed by atoms with Gasteiger partial charge in [-0.05, 0) is 42.5 Å². The van der Waals surface area contributed by atoms with Crippen LogP contribution < -0.4 is 19.9 Å². The van der Waals surface area contributed by atoms with Crippen LogP contribution in [0.2, 0.25) is 5.02 Å². The summed E-state index contributed by atoms with van der Waals surface area (Å²) in [6, 6.07) is 17.5. The maximum absolute atomic E-state index is 12.5. The van der Waals surface area contributed by atoms with E-state index in [1.165, 1.54) is 24.3 Å². The fraction of sp³-hybridized carbons (Fsp3) is 0.136. The number of sulfonamides is 1. The smallest absolute Gasteiger partial charge is 0.241 e. The van der Waals surface area contributed by atoms with Crippen LogP contribution in [0.1, 0.15) is 5.56 Å². The van der Waals surface area contributed by atoms with Gasteiger partial charge in [0.05, 0.1) is 13.0 Å². The third-order valence-electron chi connectivity index (χ3n) is 4.23. The van der Waals surface area contributed by atoms with Crippen molar-refractivity contribution in [3.05, 3.63) is 77.3 Å². The topological polar surface area (TPSA) is 128 Å². The highest BCUT2D eigenvalue weighted by atomic mass is 35.5. The van der Waals surface area contributed by atoms with Crippen molar-refractivity contribution in [2.75, 3.05) is 18.5 Å². The Hall–Kier alpha value is -3.11. The number of rotatable bonds is 9. The summed E-state index contributed by atoms with van der Waals surface area (Å²) in [5.41, 5.74) is 0.845. The van der Waals surface area contributed by atoms with Crippen molar-refractivity contribution >= 4 is 33.2 Å². The van der Waals surface area contributed by atoms with Crippen LogP contribution in [0.3, 0.4) is 0 Å². The predicted molar refractivity (Wildman–Crippen MR) is 121 cm³/mol. The molecule has 0 unspecified atom stereocenters. The molecular formula is C22H21ClN2O6S. The van der Waals surface area contributed by atoms with Crippen LogP contribution in [0.4, 0.5) is 5.69 Å². The molecule has 3 aromatic rings. The summed E-state index contributed by atoms with van der Waals surface area (Å²) in [5, 5.41) is 17.4. The molecule has 0 aliphatic carbocycles. The van der Waals surface area contributed by atoms with Gasteiger partial charge in [0.1, 0.15) is 28.8 Å². The number of anilines is 1. The van der Waals surface area contributed by atoms with Crippen molar-refractivity contribution in [3.8, 4) is 17.2 Å². The molecule has 3 rings (SSSR count). The van der Waals surface area contributed by atoms with E-state index in [1.807, 2.05) is 0 Å². The van der Waals surface area contributed by atoms with E-state index in [1.54, 1.807) is 42.5 Å². The molecule has 32 heavy (non-hydrogen) atoms. The Morgan fingerprint density at radius 3 is 2.53 bits per heavy atom. The van der Waals surface area contributed by atoms with Gasteiger partial charge in [0.15, 0.2) is 0 Å². The van der Waals surface area contributed by atoms with Gasteiger partial charge in [-0.25, -0.2) is 13.6 Å². The number of amides is 1. The van der Waals surface area contributed by atoms with Gasteiger partial charge in [-0.3, -0.25) is 4.79 Å². The molecule has 0 spiro atoms.